The number of hydrogen-bond acceptors (Lipinski definition) is 5. The third-order valence-electron chi connectivity index (χ3n) is 3.59. The molecule has 112 valence electrons. The normalized spacial score (nSPS) is 12.0. The van der Waals surface area contributed by atoms with Crippen molar-refractivity contribution < 1.29 is 0 Å². The smallest absolute Gasteiger partial charge is 0.148 e. The number of rotatable bonds is 6. The average Bonchev–Trinajstić information content (AvgIpc) is 2.54. The molecule has 5 heteroatoms. The number of hydrazine groups is 1. The first-order chi connectivity index (χ1) is 10.2. The molecule has 0 aliphatic carbocycles. The summed E-state index contributed by atoms with van der Waals surface area (Å²) in [6, 6.07) is 10.4. The maximum absolute atomic E-state index is 5.52. The lowest BCUT2D eigenvalue weighted by molar-refractivity contribution is 0.796. The second kappa shape index (κ2) is 7.04. The molecule has 1 aromatic heterocycles. The predicted molar refractivity (Wildman–Crippen MR) is 87.3 cm³/mol. The SMILES string of the molecule is CCc1nc(NN)c(C)c(NCC(C)c2ccccc2)n1. The van der Waals surface area contributed by atoms with Gasteiger partial charge in [-0.3, -0.25) is 0 Å². The van der Waals surface area contributed by atoms with Gasteiger partial charge in [0.15, 0.2) is 0 Å². The Kier molecular flexibility index (Phi) is 5.11. The van der Waals surface area contributed by atoms with Crippen LogP contribution >= 0.6 is 0 Å². The Morgan fingerprint density at radius 2 is 1.81 bits per heavy atom. The first kappa shape index (κ1) is 15.3. The summed E-state index contributed by atoms with van der Waals surface area (Å²) < 4.78 is 0. The highest BCUT2D eigenvalue weighted by Gasteiger charge is 2.11. The number of aryl methyl sites for hydroxylation is 1. The van der Waals surface area contributed by atoms with Gasteiger partial charge in [0, 0.05) is 18.5 Å². The summed E-state index contributed by atoms with van der Waals surface area (Å²) in [5.41, 5.74) is 4.89. The quantitative estimate of drug-likeness (QED) is 0.562. The van der Waals surface area contributed by atoms with Crippen molar-refractivity contribution in [3.63, 3.8) is 0 Å². The minimum atomic E-state index is 0.403. The zero-order valence-corrected chi connectivity index (χ0v) is 12.9. The fourth-order valence-electron chi connectivity index (χ4n) is 2.18. The van der Waals surface area contributed by atoms with Gasteiger partial charge in [0.05, 0.1) is 0 Å². The summed E-state index contributed by atoms with van der Waals surface area (Å²) in [6.45, 7) is 7.00. The molecule has 0 saturated heterocycles. The summed E-state index contributed by atoms with van der Waals surface area (Å²) in [5, 5.41) is 3.41. The van der Waals surface area contributed by atoms with E-state index in [0.29, 0.717) is 11.7 Å². The Balaban J connectivity index is 2.12. The molecule has 1 unspecified atom stereocenters. The lowest BCUT2D eigenvalue weighted by Gasteiger charge is -2.16. The van der Waals surface area contributed by atoms with Gasteiger partial charge < -0.3 is 10.7 Å². The Labute approximate surface area is 126 Å². The molecule has 1 atom stereocenters. The molecule has 0 bridgehead atoms. The summed E-state index contributed by atoms with van der Waals surface area (Å²) in [4.78, 5) is 8.92. The van der Waals surface area contributed by atoms with Gasteiger partial charge in [-0.2, -0.15) is 0 Å². The van der Waals surface area contributed by atoms with Crippen molar-refractivity contribution in [1.29, 1.82) is 0 Å². The fourth-order valence-corrected chi connectivity index (χ4v) is 2.18. The van der Waals surface area contributed by atoms with E-state index in [1.165, 1.54) is 5.56 Å². The van der Waals surface area contributed by atoms with Crippen molar-refractivity contribution in [3.8, 4) is 0 Å². The largest absolute Gasteiger partial charge is 0.369 e. The van der Waals surface area contributed by atoms with E-state index in [4.69, 9.17) is 5.84 Å². The molecule has 2 aromatic rings. The van der Waals surface area contributed by atoms with Gasteiger partial charge in [-0.1, -0.05) is 44.2 Å². The van der Waals surface area contributed by atoms with Gasteiger partial charge in [0.1, 0.15) is 17.5 Å². The van der Waals surface area contributed by atoms with Crippen LogP contribution in [0.3, 0.4) is 0 Å². The second-order valence-electron chi connectivity index (χ2n) is 5.15. The van der Waals surface area contributed by atoms with Crippen molar-refractivity contribution in [1.82, 2.24) is 9.97 Å². The number of nitrogen functional groups attached to an aromatic ring is 1. The number of hydrogen-bond donors (Lipinski definition) is 3. The minimum absolute atomic E-state index is 0.403. The standard InChI is InChI=1S/C16H23N5/c1-4-14-19-15(12(3)16(20-14)21-17)18-10-11(2)13-8-6-5-7-9-13/h5-9,11H,4,10,17H2,1-3H3,(H2,18,19,20,21). The van der Waals surface area contributed by atoms with E-state index in [-0.39, 0.29) is 0 Å². The Morgan fingerprint density at radius 3 is 2.43 bits per heavy atom. The molecular weight excluding hydrogens is 262 g/mol. The van der Waals surface area contributed by atoms with Gasteiger partial charge >= 0.3 is 0 Å². The Bertz CT molecular complexity index is 583. The van der Waals surface area contributed by atoms with Crippen molar-refractivity contribution in [2.75, 3.05) is 17.3 Å². The third-order valence-corrected chi connectivity index (χ3v) is 3.59. The summed E-state index contributed by atoms with van der Waals surface area (Å²) in [6.07, 6.45) is 0.776. The molecule has 0 aliphatic rings. The predicted octanol–water partition coefficient (Wildman–Crippen LogP) is 2.85. The van der Waals surface area contributed by atoms with E-state index in [0.717, 1.165) is 30.2 Å². The number of nitrogens with zero attached hydrogens (tertiary/aromatic N) is 2. The van der Waals surface area contributed by atoms with Crippen LogP contribution in [0.1, 0.15) is 36.7 Å². The highest BCUT2D eigenvalue weighted by Crippen LogP contribution is 2.21. The van der Waals surface area contributed by atoms with Gasteiger partial charge in [-0.25, -0.2) is 15.8 Å². The highest BCUT2D eigenvalue weighted by molar-refractivity contribution is 5.56. The Morgan fingerprint density at radius 1 is 1.14 bits per heavy atom. The first-order valence-electron chi connectivity index (χ1n) is 7.28. The van der Waals surface area contributed by atoms with Crippen molar-refractivity contribution in [3.05, 3.63) is 47.3 Å². The molecule has 0 aliphatic heterocycles. The summed E-state index contributed by atoms with van der Waals surface area (Å²) in [7, 11) is 0. The highest BCUT2D eigenvalue weighted by atomic mass is 15.3. The van der Waals surface area contributed by atoms with Crippen LogP contribution in [-0.2, 0) is 6.42 Å². The molecule has 0 fully saturated rings. The van der Waals surface area contributed by atoms with Crippen LogP contribution in [0.25, 0.3) is 0 Å². The van der Waals surface area contributed by atoms with Crippen LogP contribution in [-0.4, -0.2) is 16.5 Å². The molecule has 0 saturated carbocycles. The van der Waals surface area contributed by atoms with E-state index in [9.17, 15) is 0 Å². The molecule has 0 spiro atoms. The van der Waals surface area contributed by atoms with Gasteiger partial charge in [0.25, 0.3) is 0 Å². The molecule has 4 N–H and O–H groups in total. The second-order valence-corrected chi connectivity index (χ2v) is 5.15. The minimum Gasteiger partial charge on any atom is -0.369 e. The first-order valence-corrected chi connectivity index (χ1v) is 7.28. The van der Waals surface area contributed by atoms with Crippen LogP contribution in [0, 0.1) is 6.92 Å². The number of benzene rings is 1. The van der Waals surface area contributed by atoms with E-state index in [2.05, 4.69) is 51.9 Å². The molecule has 2 rings (SSSR count). The lowest BCUT2D eigenvalue weighted by atomic mass is 10.0. The molecule has 5 nitrogen and oxygen atoms in total. The Hall–Kier alpha value is -2.14. The fraction of sp³-hybridized carbons (Fsp3) is 0.375. The molecular formula is C16H23N5. The van der Waals surface area contributed by atoms with Crippen molar-refractivity contribution >= 4 is 11.6 Å². The monoisotopic (exact) mass is 285 g/mol. The van der Waals surface area contributed by atoms with Gasteiger partial charge in [-0.05, 0) is 18.4 Å². The van der Waals surface area contributed by atoms with Crippen LogP contribution < -0.4 is 16.6 Å². The van der Waals surface area contributed by atoms with E-state index >= 15 is 0 Å². The van der Waals surface area contributed by atoms with Crippen molar-refractivity contribution in [2.24, 2.45) is 5.84 Å². The molecule has 0 amide bonds. The number of anilines is 2. The maximum atomic E-state index is 5.52. The zero-order chi connectivity index (χ0) is 15.2. The van der Waals surface area contributed by atoms with Crippen LogP contribution in [0.2, 0.25) is 0 Å². The molecule has 1 aromatic carbocycles. The maximum Gasteiger partial charge on any atom is 0.148 e. The topological polar surface area (TPSA) is 75.9 Å². The van der Waals surface area contributed by atoms with E-state index in [1.807, 2.05) is 19.9 Å². The van der Waals surface area contributed by atoms with Crippen LogP contribution in [0.15, 0.2) is 30.3 Å². The third kappa shape index (κ3) is 3.70. The van der Waals surface area contributed by atoms with Crippen LogP contribution in [0.4, 0.5) is 11.6 Å². The van der Waals surface area contributed by atoms with Gasteiger partial charge in [-0.15, -0.1) is 0 Å². The van der Waals surface area contributed by atoms with Crippen molar-refractivity contribution in [2.45, 2.75) is 33.1 Å². The van der Waals surface area contributed by atoms with Crippen LogP contribution in [0.5, 0.6) is 0 Å². The number of nitrogens with one attached hydrogen (secondary N) is 2. The average molecular weight is 285 g/mol. The number of nitrogens with two attached hydrogens (primary N) is 1. The number of aromatic nitrogens is 2. The van der Waals surface area contributed by atoms with Gasteiger partial charge in [0.2, 0.25) is 0 Å². The molecule has 0 radical (unpaired) electrons. The summed E-state index contributed by atoms with van der Waals surface area (Å²) in [5.74, 6) is 8.23. The summed E-state index contributed by atoms with van der Waals surface area (Å²) >= 11 is 0. The molecule has 1 heterocycles. The zero-order valence-electron chi connectivity index (χ0n) is 12.9. The molecule has 21 heavy (non-hydrogen) atoms. The van der Waals surface area contributed by atoms with E-state index < -0.39 is 0 Å². The van der Waals surface area contributed by atoms with E-state index in [1.54, 1.807) is 0 Å². The lowest BCUT2D eigenvalue weighted by Crippen LogP contribution is -2.17.